The van der Waals surface area contributed by atoms with Gasteiger partial charge >= 0.3 is 0 Å². The molecule has 1 heterocycles. The second-order valence-electron chi connectivity index (χ2n) is 3.62. The maximum Gasteiger partial charge on any atom is 0.122 e. The lowest BCUT2D eigenvalue weighted by molar-refractivity contribution is 0.689. The van der Waals surface area contributed by atoms with Gasteiger partial charge in [0.2, 0.25) is 0 Å². The molecule has 3 nitrogen and oxygen atoms in total. The number of hydrogen-bond acceptors (Lipinski definition) is 2. The van der Waals surface area contributed by atoms with Crippen LogP contribution in [0.3, 0.4) is 0 Å². The summed E-state index contributed by atoms with van der Waals surface area (Å²) in [6.45, 7) is 2.57. The van der Waals surface area contributed by atoms with Crippen molar-refractivity contribution in [3.63, 3.8) is 0 Å². The zero-order valence-corrected chi connectivity index (χ0v) is 11.1. The van der Waals surface area contributed by atoms with Crippen LogP contribution in [0, 0.1) is 6.92 Å². The number of hydrogen-bond donors (Lipinski definition) is 1. The quantitative estimate of drug-likeness (QED) is 0.925. The van der Waals surface area contributed by atoms with E-state index in [1.54, 1.807) is 4.68 Å². The molecule has 2 N–H and O–H groups in total. The number of anilines is 1. The van der Waals surface area contributed by atoms with Crippen molar-refractivity contribution >= 4 is 33.3 Å². The Kier molecular flexibility index (Phi) is 3.21. The molecule has 0 unspecified atom stereocenters. The first-order valence-corrected chi connectivity index (χ1v) is 5.97. The fourth-order valence-corrected chi connectivity index (χ4v) is 2.05. The minimum Gasteiger partial charge on any atom is -0.384 e. The van der Waals surface area contributed by atoms with E-state index in [1.807, 2.05) is 31.2 Å². The van der Waals surface area contributed by atoms with Crippen LogP contribution in [0.25, 0.3) is 0 Å². The highest BCUT2D eigenvalue weighted by atomic mass is 79.9. The number of nitrogens with zero attached hydrogens (tertiary/aromatic N) is 2. The van der Waals surface area contributed by atoms with Gasteiger partial charge in [0.15, 0.2) is 0 Å². The van der Waals surface area contributed by atoms with Crippen molar-refractivity contribution in [1.82, 2.24) is 9.78 Å². The molecule has 0 atom stereocenters. The molecule has 84 valence electrons. The van der Waals surface area contributed by atoms with Crippen molar-refractivity contribution in [2.75, 3.05) is 5.73 Å². The smallest absolute Gasteiger partial charge is 0.122 e. The fourth-order valence-electron chi connectivity index (χ4n) is 1.50. The summed E-state index contributed by atoms with van der Waals surface area (Å²) < 4.78 is 2.65. The highest BCUT2D eigenvalue weighted by Crippen LogP contribution is 2.23. The van der Waals surface area contributed by atoms with Crippen LogP contribution in [0.15, 0.2) is 28.7 Å². The molecule has 0 spiro atoms. The molecule has 0 amide bonds. The van der Waals surface area contributed by atoms with Crippen LogP contribution in [0.4, 0.5) is 5.82 Å². The largest absolute Gasteiger partial charge is 0.384 e. The van der Waals surface area contributed by atoms with Gasteiger partial charge in [-0.15, -0.1) is 0 Å². The third kappa shape index (κ3) is 2.39. The van der Waals surface area contributed by atoms with Crippen LogP contribution >= 0.6 is 27.5 Å². The van der Waals surface area contributed by atoms with Gasteiger partial charge < -0.3 is 5.73 Å². The normalized spacial score (nSPS) is 10.7. The first-order chi connectivity index (χ1) is 7.56. The molecule has 0 fully saturated rings. The average molecular weight is 301 g/mol. The zero-order chi connectivity index (χ0) is 11.7. The topological polar surface area (TPSA) is 43.8 Å². The Hall–Kier alpha value is -1.00. The van der Waals surface area contributed by atoms with E-state index in [1.165, 1.54) is 0 Å². The molecule has 0 aliphatic carbocycles. The monoisotopic (exact) mass is 299 g/mol. The summed E-state index contributed by atoms with van der Waals surface area (Å²) in [6.07, 6.45) is 0. The number of aromatic nitrogens is 2. The van der Waals surface area contributed by atoms with E-state index in [0.717, 1.165) is 15.7 Å². The summed E-state index contributed by atoms with van der Waals surface area (Å²) in [7, 11) is 0. The number of halogens is 2. The van der Waals surface area contributed by atoms with E-state index in [0.29, 0.717) is 17.4 Å². The number of benzene rings is 1. The third-order valence-corrected chi connectivity index (χ3v) is 3.46. The SMILES string of the molecule is Cc1cc(N)n(Cc2ccc(Cl)c(Br)c2)n1. The van der Waals surface area contributed by atoms with Crippen molar-refractivity contribution in [3.8, 4) is 0 Å². The summed E-state index contributed by atoms with van der Waals surface area (Å²) in [6, 6.07) is 7.64. The highest BCUT2D eigenvalue weighted by molar-refractivity contribution is 9.10. The van der Waals surface area contributed by atoms with E-state index < -0.39 is 0 Å². The predicted molar refractivity (Wildman–Crippen MR) is 69.6 cm³/mol. The van der Waals surface area contributed by atoms with Gasteiger partial charge in [-0.3, -0.25) is 0 Å². The van der Waals surface area contributed by atoms with Crippen LogP contribution in [-0.4, -0.2) is 9.78 Å². The average Bonchev–Trinajstić information content (AvgIpc) is 2.51. The summed E-state index contributed by atoms with van der Waals surface area (Å²) in [5.41, 5.74) is 7.84. The lowest BCUT2D eigenvalue weighted by Gasteiger charge is -2.05. The molecule has 2 aromatic rings. The second-order valence-corrected chi connectivity index (χ2v) is 4.88. The van der Waals surface area contributed by atoms with Crippen LogP contribution < -0.4 is 5.73 Å². The van der Waals surface area contributed by atoms with E-state index >= 15 is 0 Å². The fraction of sp³-hybridized carbons (Fsp3) is 0.182. The van der Waals surface area contributed by atoms with Crippen LogP contribution in [0.1, 0.15) is 11.3 Å². The van der Waals surface area contributed by atoms with Gasteiger partial charge in [0.25, 0.3) is 0 Å². The van der Waals surface area contributed by atoms with Crippen molar-refractivity contribution in [2.45, 2.75) is 13.5 Å². The Labute approximate surface area is 107 Å². The maximum atomic E-state index is 5.93. The molecular formula is C11H11BrClN3. The zero-order valence-electron chi connectivity index (χ0n) is 8.74. The lowest BCUT2D eigenvalue weighted by Crippen LogP contribution is -2.05. The van der Waals surface area contributed by atoms with Crippen molar-refractivity contribution in [1.29, 1.82) is 0 Å². The summed E-state index contributed by atoms with van der Waals surface area (Å²) in [5, 5.41) is 5.00. The van der Waals surface area contributed by atoms with E-state index in [4.69, 9.17) is 17.3 Å². The molecule has 16 heavy (non-hydrogen) atoms. The lowest BCUT2D eigenvalue weighted by atomic mass is 10.2. The van der Waals surface area contributed by atoms with Gasteiger partial charge in [0.1, 0.15) is 5.82 Å². The minimum absolute atomic E-state index is 0.648. The number of nitrogens with two attached hydrogens (primary N) is 1. The summed E-state index contributed by atoms with van der Waals surface area (Å²) in [5.74, 6) is 0.670. The van der Waals surface area contributed by atoms with Crippen molar-refractivity contribution < 1.29 is 0 Å². The number of aryl methyl sites for hydroxylation is 1. The Morgan fingerprint density at radius 1 is 1.44 bits per heavy atom. The number of nitrogen functional groups attached to an aromatic ring is 1. The molecule has 1 aromatic carbocycles. The minimum atomic E-state index is 0.648. The molecule has 0 saturated carbocycles. The predicted octanol–water partition coefficient (Wildman–Crippen LogP) is 3.24. The van der Waals surface area contributed by atoms with Gasteiger partial charge in [0, 0.05) is 10.5 Å². The van der Waals surface area contributed by atoms with Gasteiger partial charge in [-0.2, -0.15) is 5.10 Å². The van der Waals surface area contributed by atoms with Gasteiger partial charge in [0.05, 0.1) is 17.3 Å². The molecule has 1 aromatic heterocycles. The van der Waals surface area contributed by atoms with Gasteiger partial charge in [-0.05, 0) is 40.5 Å². The van der Waals surface area contributed by atoms with E-state index in [2.05, 4.69) is 21.0 Å². The molecule has 0 bridgehead atoms. The second kappa shape index (κ2) is 4.47. The Morgan fingerprint density at radius 3 is 2.75 bits per heavy atom. The van der Waals surface area contributed by atoms with Gasteiger partial charge in [-0.1, -0.05) is 17.7 Å². The third-order valence-electron chi connectivity index (χ3n) is 2.25. The summed E-state index contributed by atoms with van der Waals surface area (Å²) in [4.78, 5) is 0. The molecule has 0 radical (unpaired) electrons. The van der Waals surface area contributed by atoms with E-state index in [9.17, 15) is 0 Å². The van der Waals surface area contributed by atoms with Crippen molar-refractivity contribution in [2.24, 2.45) is 0 Å². The van der Waals surface area contributed by atoms with Crippen LogP contribution in [-0.2, 0) is 6.54 Å². The highest BCUT2D eigenvalue weighted by Gasteiger charge is 2.04. The van der Waals surface area contributed by atoms with Crippen LogP contribution in [0.2, 0.25) is 5.02 Å². The van der Waals surface area contributed by atoms with Gasteiger partial charge in [-0.25, -0.2) is 4.68 Å². The first kappa shape index (κ1) is 11.5. The maximum absolute atomic E-state index is 5.93. The van der Waals surface area contributed by atoms with E-state index in [-0.39, 0.29) is 0 Å². The van der Waals surface area contributed by atoms with Crippen LogP contribution in [0.5, 0.6) is 0 Å². The molecule has 0 saturated heterocycles. The number of rotatable bonds is 2. The van der Waals surface area contributed by atoms with Crippen molar-refractivity contribution in [3.05, 3.63) is 45.0 Å². The molecule has 5 heteroatoms. The molecular weight excluding hydrogens is 289 g/mol. The Bertz CT molecular complexity index is 522. The molecule has 2 rings (SSSR count). The molecule has 0 aliphatic heterocycles. The summed E-state index contributed by atoms with van der Waals surface area (Å²) >= 11 is 9.32. The first-order valence-electron chi connectivity index (χ1n) is 4.80. The Balaban J connectivity index is 2.27. The molecule has 0 aliphatic rings. The standard InChI is InChI=1S/C11H11BrClN3/c1-7-4-11(14)16(15-7)6-8-2-3-10(13)9(12)5-8/h2-5H,6,14H2,1H3. The Morgan fingerprint density at radius 2 is 2.19 bits per heavy atom.